The Morgan fingerprint density at radius 3 is 3.18 bits per heavy atom. The summed E-state index contributed by atoms with van der Waals surface area (Å²) in [5.74, 6) is 0. The van der Waals surface area contributed by atoms with Gasteiger partial charge in [0.1, 0.15) is 6.17 Å². The maximum Gasteiger partial charge on any atom is 0.135 e. The Morgan fingerprint density at radius 2 is 2.35 bits per heavy atom. The van der Waals surface area contributed by atoms with Crippen LogP contribution in [0.5, 0.6) is 0 Å². The third-order valence-electron chi connectivity index (χ3n) is 3.44. The van der Waals surface area contributed by atoms with Crippen molar-refractivity contribution in [2.45, 2.75) is 25.6 Å². The van der Waals surface area contributed by atoms with Gasteiger partial charge in [-0.1, -0.05) is 11.6 Å². The van der Waals surface area contributed by atoms with Crippen molar-refractivity contribution in [2.24, 2.45) is 0 Å². The Morgan fingerprint density at radius 1 is 1.47 bits per heavy atom. The van der Waals surface area contributed by atoms with E-state index in [1.165, 1.54) is 5.56 Å². The highest BCUT2D eigenvalue weighted by molar-refractivity contribution is 5.79. The molecule has 1 aliphatic rings. The van der Waals surface area contributed by atoms with Gasteiger partial charge in [-0.3, -0.25) is 4.68 Å². The first-order chi connectivity index (χ1) is 8.25. The molecular formula is C13H16FN3. The number of aromatic nitrogens is 2. The second-order valence-electron chi connectivity index (χ2n) is 4.73. The van der Waals surface area contributed by atoms with Crippen LogP contribution >= 0.6 is 0 Å². The highest BCUT2D eigenvalue weighted by Gasteiger charge is 2.27. The molecule has 1 fully saturated rings. The molecule has 0 saturated carbocycles. The van der Waals surface area contributed by atoms with Gasteiger partial charge in [0.25, 0.3) is 0 Å². The Bertz CT molecular complexity index is 534. The molecule has 1 saturated heterocycles. The van der Waals surface area contributed by atoms with Gasteiger partial charge in [0.15, 0.2) is 0 Å². The molecule has 2 aromatic rings. The van der Waals surface area contributed by atoms with Crippen molar-refractivity contribution in [1.82, 2.24) is 15.1 Å². The zero-order valence-corrected chi connectivity index (χ0v) is 9.86. The minimum Gasteiger partial charge on any atom is -0.314 e. The number of halogens is 1. The summed E-state index contributed by atoms with van der Waals surface area (Å²) in [7, 11) is 0. The third kappa shape index (κ3) is 1.82. The summed E-state index contributed by atoms with van der Waals surface area (Å²) in [6.45, 7) is 3.34. The molecule has 2 atom stereocenters. The normalized spacial score (nSPS) is 25.3. The van der Waals surface area contributed by atoms with Crippen LogP contribution in [0.2, 0.25) is 0 Å². The lowest BCUT2D eigenvalue weighted by Crippen LogP contribution is -2.39. The van der Waals surface area contributed by atoms with E-state index in [0.717, 1.165) is 23.9 Å². The van der Waals surface area contributed by atoms with Gasteiger partial charge in [-0.2, -0.15) is 5.10 Å². The van der Waals surface area contributed by atoms with E-state index in [-0.39, 0.29) is 6.04 Å². The first-order valence-electron chi connectivity index (χ1n) is 6.04. The lowest BCUT2D eigenvalue weighted by atomic mass is 10.0. The molecule has 2 heterocycles. The molecule has 1 aromatic heterocycles. The van der Waals surface area contributed by atoms with E-state index in [1.807, 2.05) is 16.9 Å². The quantitative estimate of drug-likeness (QED) is 0.818. The van der Waals surface area contributed by atoms with Crippen LogP contribution in [-0.4, -0.2) is 29.0 Å². The molecule has 0 unspecified atom stereocenters. The van der Waals surface area contributed by atoms with Gasteiger partial charge in [-0.25, -0.2) is 4.39 Å². The molecule has 0 spiro atoms. The molecule has 1 aliphatic heterocycles. The van der Waals surface area contributed by atoms with Crippen LogP contribution in [0, 0.1) is 6.92 Å². The van der Waals surface area contributed by atoms with Gasteiger partial charge in [0.2, 0.25) is 0 Å². The van der Waals surface area contributed by atoms with Gasteiger partial charge in [-0.15, -0.1) is 0 Å². The number of hydrogen-bond donors (Lipinski definition) is 1. The molecule has 3 nitrogen and oxygen atoms in total. The molecule has 3 rings (SSSR count). The molecule has 0 bridgehead atoms. The molecule has 17 heavy (non-hydrogen) atoms. The van der Waals surface area contributed by atoms with Crippen molar-refractivity contribution in [2.75, 3.05) is 13.1 Å². The molecule has 0 aliphatic carbocycles. The molecule has 4 heteroatoms. The number of fused-ring (bicyclic) bond motifs is 1. The summed E-state index contributed by atoms with van der Waals surface area (Å²) in [6.07, 6.45) is 1.77. The number of nitrogens with one attached hydrogen (secondary N) is 1. The fourth-order valence-corrected chi connectivity index (χ4v) is 2.52. The number of rotatable bonds is 1. The van der Waals surface area contributed by atoms with E-state index >= 15 is 0 Å². The minimum atomic E-state index is -0.854. The number of nitrogens with zero attached hydrogens (tertiary/aromatic N) is 2. The highest BCUT2D eigenvalue weighted by atomic mass is 19.1. The van der Waals surface area contributed by atoms with Gasteiger partial charge < -0.3 is 5.32 Å². The first-order valence-corrected chi connectivity index (χ1v) is 6.04. The predicted molar refractivity (Wildman–Crippen MR) is 65.9 cm³/mol. The van der Waals surface area contributed by atoms with Gasteiger partial charge in [0.05, 0.1) is 17.8 Å². The fraction of sp³-hybridized carbons (Fsp3) is 0.462. The van der Waals surface area contributed by atoms with Gasteiger partial charge in [-0.05, 0) is 32.0 Å². The monoisotopic (exact) mass is 233 g/mol. The first kappa shape index (κ1) is 10.7. The topological polar surface area (TPSA) is 29.9 Å². The minimum absolute atomic E-state index is 0.128. The average Bonchev–Trinajstić information content (AvgIpc) is 2.72. The third-order valence-corrected chi connectivity index (χ3v) is 3.44. The van der Waals surface area contributed by atoms with Gasteiger partial charge in [0, 0.05) is 11.9 Å². The Kier molecular flexibility index (Phi) is 2.59. The van der Waals surface area contributed by atoms with Crippen LogP contribution in [0.1, 0.15) is 18.0 Å². The van der Waals surface area contributed by atoms with Crippen LogP contribution < -0.4 is 5.32 Å². The summed E-state index contributed by atoms with van der Waals surface area (Å²) in [5, 5.41) is 8.52. The van der Waals surface area contributed by atoms with E-state index in [4.69, 9.17) is 0 Å². The second kappa shape index (κ2) is 4.11. The van der Waals surface area contributed by atoms with Gasteiger partial charge >= 0.3 is 0 Å². The van der Waals surface area contributed by atoms with E-state index in [2.05, 4.69) is 29.5 Å². The van der Waals surface area contributed by atoms with Crippen molar-refractivity contribution < 1.29 is 4.39 Å². The van der Waals surface area contributed by atoms with Crippen molar-refractivity contribution >= 4 is 10.9 Å². The van der Waals surface area contributed by atoms with E-state index in [9.17, 15) is 4.39 Å². The number of alkyl halides is 1. The summed E-state index contributed by atoms with van der Waals surface area (Å²) >= 11 is 0. The van der Waals surface area contributed by atoms with Crippen molar-refractivity contribution in [3.05, 3.63) is 30.0 Å². The zero-order chi connectivity index (χ0) is 11.8. The van der Waals surface area contributed by atoms with E-state index in [1.54, 1.807) is 0 Å². The van der Waals surface area contributed by atoms with Crippen molar-refractivity contribution in [1.29, 1.82) is 0 Å². The van der Waals surface area contributed by atoms with Crippen LogP contribution in [0.3, 0.4) is 0 Å². The Labute approximate surface area is 99.6 Å². The Balaban J connectivity index is 2.05. The maximum atomic E-state index is 13.9. The van der Waals surface area contributed by atoms with Crippen LogP contribution in [0.25, 0.3) is 10.9 Å². The molecule has 90 valence electrons. The number of hydrogen-bond acceptors (Lipinski definition) is 2. The summed E-state index contributed by atoms with van der Waals surface area (Å²) < 4.78 is 15.7. The predicted octanol–water partition coefficient (Wildman–Crippen LogP) is 2.22. The smallest absolute Gasteiger partial charge is 0.135 e. The lowest BCUT2D eigenvalue weighted by Gasteiger charge is -2.27. The molecule has 1 N–H and O–H groups in total. The lowest BCUT2D eigenvalue weighted by molar-refractivity contribution is 0.177. The SMILES string of the molecule is Cc1ccc2c(cnn2[C@@H]2CCNC[C@@H]2F)c1. The Hall–Kier alpha value is -1.42. The summed E-state index contributed by atoms with van der Waals surface area (Å²) in [4.78, 5) is 0. The zero-order valence-electron chi connectivity index (χ0n) is 9.86. The maximum absolute atomic E-state index is 13.9. The largest absolute Gasteiger partial charge is 0.314 e. The molecule has 1 aromatic carbocycles. The van der Waals surface area contributed by atoms with Crippen LogP contribution in [0.4, 0.5) is 4.39 Å². The molecular weight excluding hydrogens is 217 g/mol. The average molecular weight is 233 g/mol. The van der Waals surface area contributed by atoms with E-state index < -0.39 is 6.17 Å². The second-order valence-corrected chi connectivity index (χ2v) is 4.73. The van der Waals surface area contributed by atoms with Crippen molar-refractivity contribution in [3.8, 4) is 0 Å². The number of benzene rings is 1. The van der Waals surface area contributed by atoms with Crippen molar-refractivity contribution in [3.63, 3.8) is 0 Å². The van der Waals surface area contributed by atoms with Crippen LogP contribution in [0.15, 0.2) is 24.4 Å². The standard InChI is InChI=1S/C13H16FN3/c1-9-2-3-12-10(6-9)7-16-17(12)13-4-5-15-8-11(13)14/h2-3,6-7,11,13,15H,4-5,8H2,1H3/t11-,13+/m0/s1. The molecule has 0 amide bonds. The summed E-state index contributed by atoms with van der Waals surface area (Å²) in [5.41, 5.74) is 2.24. The van der Waals surface area contributed by atoms with Crippen LogP contribution in [-0.2, 0) is 0 Å². The number of piperidine rings is 1. The van der Waals surface area contributed by atoms with E-state index in [0.29, 0.717) is 6.54 Å². The summed E-state index contributed by atoms with van der Waals surface area (Å²) in [6, 6.07) is 6.05. The molecule has 0 radical (unpaired) electrons. The fourth-order valence-electron chi connectivity index (χ4n) is 2.52. The highest BCUT2D eigenvalue weighted by Crippen LogP contribution is 2.26. The number of aryl methyl sites for hydroxylation is 1.